The minimum absolute atomic E-state index is 0.000450. The van der Waals surface area contributed by atoms with Crippen molar-refractivity contribution in [3.63, 3.8) is 0 Å². The molecule has 0 heterocycles. The summed E-state index contributed by atoms with van der Waals surface area (Å²) in [6.45, 7) is 0. The number of amides is 1. The predicted octanol–water partition coefficient (Wildman–Crippen LogP) is 2.52. The first-order valence-electron chi connectivity index (χ1n) is 6.21. The third-order valence-corrected chi connectivity index (χ3v) is 3.06. The fraction of sp³-hybridized carbons (Fsp3) is 0.0667. The van der Waals surface area contributed by atoms with Gasteiger partial charge in [-0.2, -0.15) is 5.10 Å². The van der Waals surface area contributed by atoms with Crippen molar-refractivity contribution in [3.05, 3.63) is 52.5 Å². The highest BCUT2D eigenvalue weighted by Crippen LogP contribution is 2.28. The van der Waals surface area contributed by atoms with Gasteiger partial charge in [-0.3, -0.25) is 4.79 Å². The van der Waals surface area contributed by atoms with Crippen molar-refractivity contribution in [3.8, 4) is 17.2 Å². The van der Waals surface area contributed by atoms with E-state index in [0.29, 0.717) is 16.3 Å². The number of hydrogen-bond donors (Lipinski definition) is 3. The van der Waals surface area contributed by atoms with Crippen LogP contribution in [0.25, 0.3) is 0 Å². The molecule has 0 aliphatic heterocycles. The average molecular weight is 321 g/mol. The highest BCUT2D eigenvalue weighted by atomic mass is 35.5. The normalized spacial score (nSPS) is 10.6. The smallest absolute Gasteiger partial charge is 0.275 e. The topological polar surface area (TPSA) is 91.2 Å². The van der Waals surface area contributed by atoms with Gasteiger partial charge in [0.15, 0.2) is 11.5 Å². The van der Waals surface area contributed by atoms with Crippen LogP contribution in [0.3, 0.4) is 0 Å². The van der Waals surface area contributed by atoms with Crippen LogP contribution >= 0.6 is 11.6 Å². The molecule has 0 saturated carbocycles. The average Bonchev–Trinajstić information content (AvgIpc) is 2.51. The SMILES string of the molecule is COc1cccc(/C=N/NC(=O)c2cc(Cl)ccc2O)c1O. The molecule has 0 spiro atoms. The molecule has 0 aliphatic rings. The fourth-order valence-corrected chi connectivity index (χ4v) is 1.89. The maximum atomic E-state index is 11.9. The number of nitrogens with zero attached hydrogens (tertiary/aromatic N) is 1. The van der Waals surface area contributed by atoms with E-state index in [-0.39, 0.29) is 17.1 Å². The number of ether oxygens (including phenoxy) is 1. The molecule has 0 unspecified atom stereocenters. The van der Waals surface area contributed by atoms with Gasteiger partial charge in [0.1, 0.15) is 5.75 Å². The number of halogens is 1. The van der Waals surface area contributed by atoms with E-state index in [1.807, 2.05) is 0 Å². The number of aromatic hydroxyl groups is 2. The number of nitrogens with one attached hydrogen (secondary N) is 1. The lowest BCUT2D eigenvalue weighted by atomic mass is 10.2. The molecule has 0 fully saturated rings. The van der Waals surface area contributed by atoms with Gasteiger partial charge in [0, 0.05) is 10.6 Å². The summed E-state index contributed by atoms with van der Waals surface area (Å²) in [5.74, 6) is -0.628. The van der Waals surface area contributed by atoms with E-state index in [1.165, 1.54) is 31.5 Å². The lowest BCUT2D eigenvalue weighted by molar-refractivity contribution is 0.0952. The first-order valence-corrected chi connectivity index (χ1v) is 6.58. The molecule has 114 valence electrons. The minimum Gasteiger partial charge on any atom is -0.507 e. The molecule has 22 heavy (non-hydrogen) atoms. The first kappa shape index (κ1) is 15.7. The number of rotatable bonds is 4. The Morgan fingerprint density at radius 1 is 1.32 bits per heavy atom. The molecule has 3 N–H and O–H groups in total. The number of carbonyl (C=O) groups excluding carboxylic acids is 1. The zero-order valence-corrected chi connectivity index (χ0v) is 12.3. The van der Waals surface area contributed by atoms with Crippen LogP contribution in [0.4, 0.5) is 0 Å². The molecule has 0 aliphatic carbocycles. The molecule has 0 bridgehead atoms. The Morgan fingerprint density at radius 2 is 2.09 bits per heavy atom. The van der Waals surface area contributed by atoms with Crippen LogP contribution < -0.4 is 10.2 Å². The van der Waals surface area contributed by atoms with Crippen molar-refractivity contribution in [2.45, 2.75) is 0 Å². The summed E-state index contributed by atoms with van der Waals surface area (Å²) in [6, 6.07) is 8.97. The van der Waals surface area contributed by atoms with Crippen LogP contribution in [0.15, 0.2) is 41.5 Å². The predicted molar refractivity (Wildman–Crippen MR) is 82.8 cm³/mol. The third kappa shape index (κ3) is 3.48. The van der Waals surface area contributed by atoms with Gasteiger partial charge in [-0.15, -0.1) is 0 Å². The molecule has 6 nitrogen and oxygen atoms in total. The van der Waals surface area contributed by atoms with Crippen LogP contribution in [0.2, 0.25) is 5.02 Å². The van der Waals surface area contributed by atoms with E-state index in [9.17, 15) is 15.0 Å². The molecule has 0 saturated heterocycles. The maximum Gasteiger partial charge on any atom is 0.275 e. The number of phenolic OH excluding ortho intramolecular Hbond substituents is 2. The standard InChI is InChI=1S/C15H13ClN2O4/c1-22-13-4-2-3-9(14(13)20)8-17-18-15(21)11-7-10(16)5-6-12(11)19/h2-8,19-20H,1H3,(H,18,21)/b17-8+. The van der Waals surface area contributed by atoms with Crippen molar-refractivity contribution in [2.75, 3.05) is 7.11 Å². The van der Waals surface area contributed by atoms with Crippen molar-refractivity contribution < 1.29 is 19.7 Å². The van der Waals surface area contributed by atoms with Crippen LogP contribution in [0, 0.1) is 0 Å². The number of carbonyl (C=O) groups is 1. The minimum atomic E-state index is -0.626. The summed E-state index contributed by atoms with van der Waals surface area (Å²) in [5.41, 5.74) is 2.61. The van der Waals surface area contributed by atoms with Gasteiger partial charge in [0.25, 0.3) is 5.91 Å². The van der Waals surface area contributed by atoms with Crippen molar-refractivity contribution in [1.82, 2.24) is 5.43 Å². The van der Waals surface area contributed by atoms with Crippen molar-refractivity contribution >= 4 is 23.7 Å². The Hall–Kier alpha value is -2.73. The molecular weight excluding hydrogens is 308 g/mol. The van der Waals surface area contributed by atoms with E-state index >= 15 is 0 Å². The Morgan fingerprint density at radius 3 is 2.82 bits per heavy atom. The first-order chi connectivity index (χ1) is 10.5. The lowest BCUT2D eigenvalue weighted by Gasteiger charge is -2.05. The maximum absolute atomic E-state index is 11.9. The number of methoxy groups -OCH3 is 1. The van der Waals surface area contributed by atoms with Crippen LogP contribution in [0.5, 0.6) is 17.2 Å². The van der Waals surface area contributed by atoms with E-state index in [4.69, 9.17) is 16.3 Å². The molecule has 2 aromatic rings. The third-order valence-electron chi connectivity index (χ3n) is 2.82. The lowest BCUT2D eigenvalue weighted by Crippen LogP contribution is -2.17. The van der Waals surface area contributed by atoms with E-state index < -0.39 is 5.91 Å². The van der Waals surface area contributed by atoms with Gasteiger partial charge in [-0.05, 0) is 30.3 Å². The highest BCUT2D eigenvalue weighted by Gasteiger charge is 2.11. The van der Waals surface area contributed by atoms with Crippen LogP contribution in [0.1, 0.15) is 15.9 Å². The van der Waals surface area contributed by atoms with E-state index in [2.05, 4.69) is 10.5 Å². The Bertz CT molecular complexity index is 731. The van der Waals surface area contributed by atoms with Gasteiger partial charge in [0.2, 0.25) is 0 Å². The monoisotopic (exact) mass is 320 g/mol. The van der Waals surface area contributed by atoms with Crippen molar-refractivity contribution in [2.24, 2.45) is 5.10 Å². The summed E-state index contributed by atoms with van der Waals surface area (Å²) in [7, 11) is 1.43. The molecule has 2 aromatic carbocycles. The second kappa shape index (κ2) is 6.82. The summed E-state index contributed by atoms with van der Waals surface area (Å²) in [4.78, 5) is 11.9. The fourth-order valence-electron chi connectivity index (χ4n) is 1.72. The molecule has 7 heteroatoms. The second-order valence-corrected chi connectivity index (χ2v) is 4.70. The molecule has 2 rings (SSSR count). The van der Waals surface area contributed by atoms with Gasteiger partial charge in [-0.25, -0.2) is 5.43 Å². The molecular formula is C15H13ClN2O4. The zero-order chi connectivity index (χ0) is 16.1. The van der Waals surface area contributed by atoms with Gasteiger partial charge in [-0.1, -0.05) is 17.7 Å². The zero-order valence-electron chi connectivity index (χ0n) is 11.6. The quantitative estimate of drug-likeness (QED) is 0.596. The summed E-state index contributed by atoms with van der Waals surface area (Å²) >= 11 is 5.77. The molecule has 0 radical (unpaired) electrons. The molecule has 1 amide bonds. The van der Waals surface area contributed by atoms with Gasteiger partial charge >= 0.3 is 0 Å². The summed E-state index contributed by atoms with van der Waals surface area (Å²) in [5, 5.41) is 23.5. The van der Waals surface area contributed by atoms with Crippen molar-refractivity contribution in [1.29, 1.82) is 0 Å². The Kier molecular flexibility index (Phi) is 4.85. The molecule has 0 aromatic heterocycles. The summed E-state index contributed by atoms with van der Waals surface area (Å²) in [6.07, 6.45) is 1.26. The van der Waals surface area contributed by atoms with Crippen LogP contribution in [-0.4, -0.2) is 29.4 Å². The van der Waals surface area contributed by atoms with Crippen LogP contribution in [-0.2, 0) is 0 Å². The number of phenols is 2. The number of benzene rings is 2. The summed E-state index contributed by atoms with van der Waals surface area (Å²) < 4.78 is 4.96. The van der Waals surface area contributed by atoms with Gasteiger partial charge in [0.05, 0.1) is 18.9 Å². The van der Waals surface area contributed by atoms with E-state index in [1.54, 1.807) is 18.2 Å². The number of hydrogen-bond acceptors (Lipinski definition) is 5. The Balaban J connectivity index is 2.12. The highest BCUT2D eigenvalue weighted by molar-refractivity contribution is 6.31. The molecule has 0 atom stereocenters. The van der Waals surface area contributed by atoms with E-state index in [0.717, 1.165) is 0 Å². The van der Waals surface area contributed by atoms with Gasteiger partial charge < -0.3 is 14.9 Å². The number of hydrazone groups is 1. The largest absolute Gasteiger partial charge is 0.507 e. The number of para-hydroxylation sites is 1. The second-order valence-electron chi connectivity index (χ2n) is 4.26. The Labute approximate surface area is 131 Å².